The Labute approximate surface area is 163 Å². The molecule has 0 saturated carbocycles. The molecule has 1 heterocycles. The first-order chi connectivity index (χ1) is 13.8. The van der Waals surface area contributed by atoms with Crippen molar-refractivity contribution in [3.63, 3.8) is 0 Å². The van der Waals surface area contributed by atoms with Gasteiger partial charge in [-0.2, -0.15) is 0 Å². The molecule has 1 N–H and O–H groups in total. The summed E-state index contributed by atoms with van der Waals surface area (Å²) in [7, 11) is -0.315. The minimum atomic E-state index is -0.315. The van der Waals surface area contributed by atoms with Gasteiger partial charge < -0.3 is 14.2 Å². The van der Waals surface area contributed by atoms with Gasteiger partial charge in [0.2, 0.25) is 0 Å². The van der Waals surface area contributed by atoms with Crippen LogP contribution in [0.2, 0.25) is 0 Å². The lowest BCUT2D eigenvalue weighted by molar-refractivity contribution is 0.454. The van der Waals surface area contributed by atoms with E-state index < -0.39 is 0 Å². The van der Waals surface area contributed by atoms with E-state index in [0.717, 1.165) is 16.8 Å². The van der Waals surface area contributed by atoms with Crippen LogP contribution >= 0.6 is 0 Å². The van der Waals surface area contributed by atoms with Gasteiger partial charge in [0.1, 0.15) is 5.75 Å². The fourth-order valence-corrected chi connectivity index (χ4v) is 3.83. The van der Waals surface area contributed by atoms with Gasteiger partial charge in [-0.05, 0) is 53.6 Å². The smallest absolute Gasteiger partial charge is 0.504 e. The van der Waals surface area contributed by atoms with Gasteiger partial charge in [-0.25, -0.2) is 0 Å². The lowest BCUT2D eigenvalue weighted by Crippen LogP contribution is -1.99. The van der Waals surface area contributed by atoms with E-state index in [9.17, 15) is 0 Å². The molecule has 0 aliphatic heterocycles. The first kappa shape index (κ1) is 16.7. The fourth-order valence-electron chi connectivity index (χ4n) is 3.83. The third-order valence-electron chi connectivity index (χ3n) is 5.11. The van der Waals surface area contributed by atoms with E-state index >= 15 is 0 Å². The van der Waals surface area contributed by atoms with E-state index in [1.54, 1.807) is 0 Å². The van der Waals surface area contributed by atoms with Gasteiger partial charge in [-0.15, -0.1) is 0 Å². The molecule has 0 unspecified atom stereocenters. The van der Waals surface area contributed by atoms with Crippen LogP contribution in [0.1, 0.15) is 0 Å². The lowest BCUT2D eigenvalue weighted by atomic mass is 10.0. The zero-order chi connectivity index (χ0) is 18.9. The Morgan fingerprint density at radius 1 is 0.643 bits per heavy atom. The van der Waals surface area contributed by atoms with Gasteiger partial charge in [-0.1, -0.05) is 54.6 Å². The van der Waals surface area contributed by atoms with Crippen LogP contribution in [0.3, 0.4) is 0 Å². The third-order valence-corrected chi connectivity index (χ3v) is 5.11. The molecule has 0 fully saturated rings. The molecule has 134 valence electrons. The Bertz CT molecular complexity index is 1260. The Balaban J connectivity index is 1.71. The summed E-state index contributed by atoms with van der Waals surface area (Å²) in [5, 5.41) is 11.4. The Hall–Kier alpha value is -3.50. The van der Waals surface area contributed by atoms with Crippen LogP contribution in [0.15, 0.2) is 97.1 Å². The first-order valence-electron chi connectivity index (χ1n) is 9.28. The van der Waals surface area contributed by atoms with Crippen LogP contribution in [0.5, 0.6) is 5.75 Å². The molecular formula is C24H18BNO2. The van der Waals surface area contributed by atoms with Crippen molar-refractivity contribution >= 4 is 29.5 Å². The van der Waals surface area contributed by atoms with Crippen LogP contribution < -0.4 is 4.65 Å². The molecule has 5 rings (SSSR count). The monoisotopic (exact) mass is 363 g/mol. The minimum absolute atomic E-state index is 0.315. The van der Waals surface area contributed by atoms with Gasteiger partial charge in [0.25, 0.3) is 0 Å². The van der Waals surface area contributed by atoms with E-state index in [2.05, 4.69) is 71.3 Å². The van der Waals surface area contributed by atoms with Crippen LogP contribution in [0.25, 0.3) is 38.6 Å². The summed E-state index contributed by atoms with van der Waals surface area (Å²) in [6, 6.07) is 33.4. The second kappa shape index (κ2) is 6.91. The Kier molecular flexibility index (Phi) is 4.11. The van der Waals surface area contributed by atoms with E-state index in [4.69, 9.17) is 9.68 Å². The molecule has 0 spiro atoms. The maximum absolute atomic E-state index is 8.90. The van der Waals surface area contributed by atoms with E-state index in [1.807, 2.05) is 30.3 Å². The molecule has 0 amide bonds. The largest absolute Gasteiger partial charge is 0.539 e. The summed E-state index contributed by atoms with van der Waals surface area (Å²) >= 11 is 0. The van der Waals surface area contributed by atoms with Gasteiger partial charge in [0.15, 0.2) is 0 Å². The molecule has 4 aromatic carbocycles. The summed E-state index contributed by atoms with van der Waals surface area (Å²) in [5.41, 5.74) is 5.82. The highest BCUT2D eigenvalue weighted by atomic mass is 16.5. The highest BCUT2D eigenvalue weighted by molar-refractivity contribution is 6.17. The second-order valence-corrected chi connectivity index (χ2v) is 6.72. The molecule has 0 saturated heterocycles. The summed E-state index contributed by atoms with van der Waals surface area (Å²) in [4.78, 5) is 0. The predicted molar refractivity (Wildman–Crippen MR) is 116 cm³/mol. The number of fused-ring (bicyclic) bond motifs is 3. The number of para-hydroxylation sites is 2. The molecule has 5 aromatic rings. The average Bonchev–Trinajstić information content (AvgIpc) is 3.09. The average molecular weight is 363 g/mol. The van der Waals surface area contributed by atoms with Crippen molar-refractivity contribution in [1.82, 2.24) is 4.57 Å². The summed E-state index contributed by atoms with van der Waals surface area (Å²) < 4.78 is 7.44. The van der Waals surface area contributed by atoms with Crippen LogP contribution in [0, 0.1) is 0 Å². The van der Waals surface area contributed by atoms with Crippen LogP contribution in [-0.2, 0) is 0 Å². The van der Waals surface area contributed by atoms with Crippen molar-refractivity contribution in [2.75, 3.05) is 0 Å². The van der Waals surface area contributed by atoms with Gasteiger partial charge >= 0.3 is 7.69 Å². The second-order valence-electron chi connectivity index (χ2n) is 6.72. The van der Waals surface area contributed by atoms with Gasteiger partial charge in [0, 0.05) is 16.5 Å². The van der Waals surface area contributed by atoms with Crippen molar-refractivity contribution in [3.05, 3.63) is 97.1 Å². The summed E-state index contributed by atoms with van der Waals surface area (Å²) in [6.07, 6.45) is 0. The standard InChI is InChI=1S/C24H18BNO2/c27-25-28-20-13-10-17(11-14-20)18-12-15-24-22(16-18)21-8-4-5-9-23(21)26(24)19-6-2-1-3-7-19/h1-16,25,27H. The molecule has 0 aliphatic carbocycles. The molecule has 0 atom stereocenters. The van der Waals surface area contributed by atoms with Gasteiger partial charge in [-0.3, -0.25) is 0 Å². The summed E-state index contributed by atoms with van der Waals surface area (Å²) in [5.74, 6) is 0.660. The Morgan fingerprint density at radius 3 is 2.11 bits per heavy atom. The number of nitrogens with zero attached hydrogens (tertiary/aromatic N) is 1. The minimum Gasteiger partial charge on any atom is -0.539 e. The van der Waals surface area contributed by atoms with E-state index in [1.165, 1.54) is 21.8 Å². The van der Waals surface area contributed by atoms with Crippen molar-refractivity contribution in [1.29, 1.82) is 0 Å². The van der Waals surface area contributed by atoms with Crippen molar-refractivity contribution < 1.29 is 9.68 Å². The third kappa shape index (κ3) is 2.75. The number of hydrogen-bond donors (Lipinski definition) is 1. The molecule has 3 nitrogen and oxygen atoms in total. The van der Waals surface area contributed by atoms with Gasteiger partial charge in [0.05, 0.1) is 11.0 Å². The maximum atomic E-state index is 8.90. The predicted octanol–water partition coefficient (Wildman–Crippen LogP) is 5.09. The van der Waals surface area contributed by atoms with Crippen LogP contribution in [0.4, 0.5) is 0 Å². The van der Waals surface area contributed by atoms with Crippen LogP contribution in [-0.4, -0.2) is 17.3 Å². The molecule has 4 heteroatoms. The topological polar surface area (TPSA) is 34.4 Å². The number of rotatable bonds is 4. The first-order valence-corrected chi connectivity index (χ1v) is 9.28. The fraction of sp³-hybridized carbons (Fsp3) is 0. The number of benzene rings is 4. The highest BCUT2D eigenvalue weighted by Gasteiger charge is 2.12. The number of hydrogen-bond acceptors (Lipinski definition) is 2. The highest BCUT2D eigenvalue weighted by Crippen LogP contribution is 2.35. The maximum Gasteiger partial charge on any atom is 0.504 e. The van der Waals surface area contributed by atoms with Crippen molar-refractivity contribution in [2.24, 2.45) is 0 Å². The summed E-state index contributed by atoms with van der Waals surface area (Å²) in [6.45, 7) is 0. The SMILES string of the molecule is OBOc1ccc(-c2ccc3c(c2)c2ccccc2n3-c2ccccc2)cc1. The molecule has 28 heavy (non-hydrogen) atoms. The van der Waals surface area contributed by atoms with E-state index in [-0.39, 0.29) is 7.69 Å². The molecule has 0 radical (unpaired) electrons. The molecule has 1 aromatic heterocycles. The quantitative estimate of drug-likeness (QED) is 0.452. The van der Waals surface area contributed by atoms with Crippen molar-refractivity contribution in [2.45, 2.75) is 0 Å². The van der Waals surface area contributed by atoms with E-state index in [0.29, 0.717) is 5.75 Å². The molecule has 0 bridgehead atoms. The molecular weight excluding hydrogens is 345 g/mol. The molecule has 0 aliphatic rings. The zero-order valence-corrected chi connectivity index (χ0v) is 15.2. The Morgan fingerprint density at radius 2 is 1.32 bits per heavy atom. The normalized spacial score (nSPS) is 11.0. The number of aromatic nitrogens is 1. The lowest BCUT2D eigenvalue weighted by Gasteiger charge is -2.08. The van der Waals surface area contributed by atoms with Crippen molar-refractivity contribution in [3.8, 4) is 22.6 Å². The zero-order valence-electron chi connectivity index (χ0n) is 15.2.